The molecule has 0 radical (unpaired) electrons. The van der Waals surface area contributed by atoms with Crippen molar-refractivity contribution in [3.63, 3.8) is 0 Å². The van der Waals surface area contributed by atoms with E-state index < -0.39 is 12.0 Å². The molecule has 2 aliphatic heterocycles. The van der Waals surface area contributed by atoms with Gasteiger partial charge in [0.25, 0.3) is 0 Å². The minimum Gasteiger partial charge on any atom is -0.497 e. The number of rotatable bonds is 10. The van der Waals surface area contributed by atoms with E-state index in [2.05, 4.69) is 5.32 Å². The molecule has 0 aliphatic carbocycles. The molecule has 10 heteroatoms. The Morgan fingerprint density at radius 3 is 2.48 bits per heavy atom. The number of halogens is 1. The lowest BCUT2D eigenvalue weighted by Crippen LogP contribution is -2.38. The van der Waals surface area contributed by atoms with Gasteiger partial charge in [-0.3, -0.25) is 4.79 Å². The number of hydrogen-bond acceptors (Lipinski definition) is 8. The number of fused-ring (bicyclic) bond motifs is 1. The monoisotopic (exact) mass is 587 g/mol. The van der Waals surface area contributed by atoms with Crippen molar-refractivity contribution in [1.29, 1.82) is 0 Å². The normalized spacial score (nSPS) is 15.9. The van der Waals surface area contributed by atoms with Crippen LogP contribution in [-0.2, 0) is 27.5 Å². The average Bonchev–Trinajstić information content (AvgIpc) is 3.40. The van der Waals surface area contributed by atoms with Gasteiger partial charge >= 0.3 is 5.97 Å². The van der Waals surface area contributed by atoms with Crippen LogP contribution in [0.15, 0.2) is 100 Å². The molecule has 0 aromatic heterocycles. The number of ether oxygens (including phenoxy) is 3. The highest BCUT2D eigenvalue weighted by Gasteiger charge is 2.42. The molecule has 0 unspecified atom stereocenters. The van der Waals surface area contributed by atoms with E-state index in [9.17, 15) is 14.0 Å². The first-order valence-electron chi connectivity index (χ1n) is 13.3. The minimum atomic E-state index is -0.673. The van der Waals surface area contributed by atoms with Crippen molar-refractivity contribution in [2.75, 3.05) is 14.2 Å². The van der Waals surface area contributed by atoms with Crippen LogP contribution in [-0.4, -0.2) is 36.2 Å². The van der Waals surface area contributed by atoms with Gasteiger partial charge in [-0.1, -0.05) is 54.2 Å². The van der Waals surface area contributed by atoms with Crippen LogP contribution in [0.3, 0.4) is 0 Å². The van der Waals surface area contributed by atoms with Gasteiger partial charge in [0.05, 0.1) is 38.0 Å². The Morgan fingerprint density at radius 2 is 1.76 bits per heavy atom. The second kappa shape index (κ2) is 12.9. The second-order valence-corrected chi connectivity index (χ2v) is 10.5. The number of amides is 1. The van der Waals surface area contributed by atoms with Crippen molar-refractivity contribution >= 4 is 28.8 Å². The molecule has 0 saturated carbocycles. The zero-order valence-corrected chi connectivity index (χ0v) is 24.2. The van der Waals surface area contributed by atoms with Crippen LogP contribution in [0.25, 0.3) is 0 Å². The topological polar surface area (TPSA) is 89.5 Å². The molecule has 3 aromatic carbocycles. The van der Waals surface area contributed by atoms with Crippen molar-refractivity contribution in [1.82, 2.24) is 10.2 Å². The van der Waals surface area contributed by atoms with E-state index in [1.807, 2.05) is 46.7 Å². The Kier molecular flexibility index (Phi) is 8.92. The third kappa shape index (κ3) is 6.33. The van der Waals surface area contributed by atoms with Crippen LogP contribution in [0.4, 0.5) is 4.39 Å². The molecular formula is C32H30FN3O5S. The molecule has 2 aliphatic rings. The van der Waals surface area contributed by atoms with Crippen LogP contribution in [0.5, 0.6) is 11.5 Å². The van der Waals surface area contributed by atoms with Crippen molar-refractivity contribution in [2.45, 2.75) is 32.5 Å². The number of methoxy groups -OCH3 is 2. The van der Waals surface area contributed by atoms with E-state index in [0.29, 0.717) is 39.2 Å². The van der Waals surface area contributed by atoms with E-state index >= 15 is 0 Å². The van der Waals surface area contributed by atoms with Crippen molar-refractivity contribution in [2.24, 2.45) is 4.99 Å². The van der Waals surface area contributed by atoms with Gasteiger partial charge in [0.1, 0.15) is 23.9 Å². The largest absolute Gasteiger partial charge is 0.497 e. The number of nitrogens with zero attached hydrogens (tertiary/aromatic N) is 2. The van der Waals surface area contributed by atoms with Crippen LogP contribution >= 0.6 is 11.8 Å². The third-order valence-electron chi connectivity index (χ3n) is 6.91. The van der Waals surface area contributed by atoms with E-state index in [4.69, 9.17) is 19.2 Å². The fourth-order valence-electron chi connectivity index (χ4n) is 4.80. The summed E-state index contributed by atoms with van der Waals surface area (Å²) in [6, 6.07) is 20.1. The van der Waals surface area contributed by atoms with Gasteiger partial charge in [-0.15, -0.1) is 0 Å². The lowest BCUT2D eigenvalue weighted by Gasteiger charge is -2.36. The molecule has 1 N–H and O–H groups in total. The number of benzene rings is 3. The first-order valence-corrected chi connectivity index (χ1v) is 14.1. The third-order valence-corrected chi connectivity index (χ3v) is 7.80. The predicted molar refractivity (Wildman–Crippen MR) is 159 cm³/mol. The SMILES string of the molecule is COc1ccc([C@H]2C(C(=O)OCc3ccccc3)=C(C)N=C3SC=C(CC(=O)NCc4ccc(F)cc4)N32)c(OC)c1. The Hall–Kier alpha value is -4.57. The standard InChI is InChI=1S/C32H30FN3O5S/c1-20-29(31(38)41-18-22-7-5-4-6-8-22)30(26-14-13-25(39-2)16-27(26)40-3)36-24(19-42-32(36)35-20)15-28(37)34-17-21-9-11-23(33)12-10-21/h4-14,16,19,30H,15,17-18H2,1-3H3,(H,34,37)/t30-/m0/s1. The highest BCUT2D eigenvalue weighted by atomic mass is 32.2. The predicted octanol–water partition coefficient (Wildman–Crippen LogP) is 5.87. The summed E-state index contributed by atoms with van der Waals surface area (Å²) in [5, 5.41) is 5.39. The molecule has 2 heterocycles. The summed E-state index contributed by atoms with van der Waals surface area (Å²) in [5.41, 5.74) is 3.86. The zero-order valence-electron chi connectivity index (χ0n) is 23.4. The number of aliphatic imine (C=N–C) groups is 1. The van der Waals surface area contributed by atoms with E-state index in [-0.39, 0.29) is 31.3 Å². The van der Waals surface area contributed by atoms with Gasteiger partial charge < -0.3 is 24.4 Å². The van der Waals surface area contributed by atoms with E-state index in [1.165, 1.54) is 23.9 Å². The van der Waals surface area contributed by atoms with Gasteiger partial charge in [0, 0.05) is 23.9 Å². The number of carbonyl (C=O) groups is 2. The van der Waals surface area contributed by atoms with Crippen molar-refractivity contribution < 1.29 is 28.2 Å². The molecule has 5 rings (SSSR count). The van der Waals surface area contributed by atoms with Crippen molar-refractivity contribution in [3.05, 3.63) is 118 Å². The maximum absolute atomic E-state index is 13.7. The highest BCUT2D eigenvalue weighted by Crippen LogP contribution is 2.47. The molecule has 0 fully saturated rings. The van der Waals surface area contributed by atoms with Gasteiger partial charge in [-0.05, 0) is 47.7 Å². The molecule has 1 amide bonds. The Labute approximate surface area is 247 Å². The Morgan fingerprint density at radius 1 is 1.00 bits per heavy atom. The fourth-order valence-corrected chi connectivity index (χ4v) is 5.76. The number of carbonyl (C=O) groups excluding carboxylic acids is 2. The molecule has 216 valence electrons. The van der Waals surface area contributed by atoms with E-state index in [1.54, 1.807) is 45.4 Å². The van der Waals surface area contributed by atoms with Gasteiger partial charge in [-0.25, -0.2) is 14.2 Å². The number of thioether (sulfide) groups is 1. The molecule has 0 saturated heterocycles. The first kappa shape index (κ1) is 28.9. The van der Waals surface area contributed by atoms with Crippen LogP contribution in [0.2, 0.25) is 0 Å². The summed E-state index contributed by atoms with van der Waals surface area (Å²) in [6.45, 7) is 2.13. The van der Waals surface area contributed by atoms with Crippen LogP contribution in [0.1, 0.15) is 36.1 Å². The number of amidine groups is 1. The molecule has 0 bridgehead atoms. The maximum Gasteiger partial charge on any atom is 0.338 e. The van der Waals surface area contributed by atoms with Gasteiger partial charge in [-0.2, -0.15) is 0 Å². The summed E-state index contributed by atoms with van der Waals surface area (Å²) in [4.78, 5) is 33.4. The van der Waals surface area contributed by atoms with Crippen molar-refractivity contribution in [3.8, 4) is 11.5 Å². The molecule has 0 spiro atoms. The van der Waals surface area contributed by atoms with Gasteiger partial charge in [0.2, 0.25) is 5.91 Å². The molecule has 42 heavy (non-hydrogen) atoms. The fraction of sp³-hybridized carbons (Fsp3) is 0.219. The smallest absolute Gasteiger partial charge is 0.338 e. The molecule has 1 atom stereocenters. The number of esters is 1. The average molecular weight is 588 g/mol. The number of hydrogen-bond donors (Lipinski definition) is 1. The lowest BCUT2D eigenvalue weighted by atomic mass is 9.93. The lowest BCUT2D eigenvalue weighted by molar-refractivity contribution is -0.141. The summed E-state index contributed by atoms with van der Waals surface area (Å²) < 4.78 is 30.2. The number of nitrogens with one attached hydrogen (secondary N) is 1. The summed E-state index contributed by atoms with van der Waals surface area (Å²) in [7, 11) is 3.12. The summed E-state index contributed by atoms with van der Waals surface area (Å²) in [6.07, 6.45) is 0.0353. The Bertz CT molecular complexity index is 1570. The quantitative estimate of drug-likeness (QED) is 0.297. The number of allylic oxidation sites excluding steroid dienone is 1. The molecule has 3 aromatic rings. The Balaban J connectivity index is 1.44. The van der Waals surface area contributed by atoms with Crippen LogP contribution < -0.4 is 14.8 Å². The summed E-state index contributed by atoms with van der Waals surface area (Å²) in [5.74, 6) is 0.0303. The maximum atomic E-state index is 13.7. The second-order valence-electron chi connectivity index (χ2n) is 9.64. The highest BCUT2D eigenvalue weighted by molar-refractivity contribution is 8.16. The molecule has 8 nitrogen and oxygen atoms in total. The van der Waals surface area contributed by atoms with E-state index in [0.717, 1.165) is 11.1 Å². The zero-order chi connectivity index (χ0) is 29.6. The van der Waals surface area contributed by atoms with Gasteiger partial charge in [0.15, 0.2) is 5.17 Å². The first-order chi connectivity index (χ1) is 20.4. The summed E-state index contributed by atoms with van der Waals surface area (Å²) >= 11 is 1.38. The minimum absolute atomic E-state index is 0.0353. The molecular weight excluding hydrogens is 557 g/mol. The van der Waals surface area contributed by atoms with Crippen LogP contribution in [0, 0.1) is 5.82 Å².